The zero-order chi connectivity index (χ0) is 27.2. The van der Waals surface area contributed by atoms with E-state index < -0.39 is 5.60 Å². The lowest BCUT2D eigenvalue weighted by Crippen LogP contribution is -2.26. The Morgan fingerprint density at radius 3 is 2.08 bits per heavy atom. The fourth-order valence-corrected chi connectivity index (χ4v) is 6.17. The van der Waals surface area contributed by atoms with Crippen molar-refractivity contribution in [2.45, 2.75) is 83.7 Å². The molecule has 0 radical (unpaired) electrons. The summed E-state index contributed by atoms with van der Waals surface area (Å²) in [5.41, 5.74) is 9.58. The SMILES string of the molecule is CCC(CC)(c1ccc(/C=C/C2(O)CCCC2)c(C)c1)c1ccc(-c2ccc(CCOOC)cc2)c(C)c1. The molecular formula is C35H44O3. The first-order chi connectivity index (χ1) is 18.3. The Kier molecular flexibility index (Phi) is 9.25. The summed E-state index contributed by atoms with van der Waals surface area (Å²) in [4.78, 5) is 9.71. The van der Waals surface area contributed by atoms with Crippen molar-refractivity contribution < 1.29 is 14.9 Å². The Balaban J connectivity index is 1.59. The van der Waals surface area contributed by atoms with Gasteiger partial charge in [-0.15, -0.1) is 0 Å². The second kappa shape index (κ2) is 12.4. The smallest absolute Gasteiger partial charge is 0.0862 e. The standard InChI is InChI=1S/C35H44O3/c1-6-35(7-2,31-15-14-29(26(3)24-31)18-22-34(36)20-8-9-21-34)32-16-17-33(27(4)25-32)30-12-10-28(11-13-30)19-23-38-37-5/h10-18,22,24-25,36H,6-9,19-21,23H2,1-5H3/b22-18+. The average molecular weight is 513 g/mol. The molecule has 3 aromatic rings. The summed E-state index contributed by atoms with van der Waals surface area (Å²) in [5.74, 6) is 0. The van der Waals surface area contributed by atoms with Crippen molar-refractivity contribution in [3.05, 3.63) is 100 Å². The van der Waals surface area contributed by atoms with Gasteiger partial charge in [0.2, 0.25) is 0 Å². The lowest BCUT2D eigenvalue weighted by Gasteiger charge is -2.34. The van der Waals surface area contributed by atoms with Crippen LogP contribution in [-0.2, 0) is 21.6 Å². The Bertz CT molecular complexity index is 1230. The Labute approximate surface area is 229 Å². The summed E-state index contributed by atoms with van der Waals surface area (Å²) >= 11 is 0. The first-order valence-electron chi connectivity index (χ1n) is 14.2. The van der Waals surface area contributed by atoms with Gasteiger partial charge in [0.05, 0.1) is 19.3 Å². The van der Waals surface area contributed by atoms with E-state index in [1.54, 1.807) is 7.11 Å². The second-order valence-electron chi connectivity index (χ2n) is 11.0. The van der Waals surface area contributed by atoms with E-state index in [1.165, 1.54) is 44.5 Å². The van der Waals surface area contributed by atoms with Crippen molar-refractivity contribution in [2.24, 2.45) is 0 Å². The van der Waals surface area contributed by atoms with Crippen molar-refractivity contribution in [3.8, 4) is 11.1 Å². The largest absolute Gasteiger partial charge is 0.386 e. The van der Waals surface area contributed by atoms with Gasteiger partial charge < -0.3 is 5.11 Å². The average Bonchev–Trinajstić information content (AvgIpc) is 3.36. The highest BCUT2D eigenvalue weighted by Crippen LogP contribution is 2.41. The molecule has 3 nitrogen and oxygen atoms in total. The lowest BCUT2D eigenvalue weighted by atomic mass is 9.69. The van der Waals surface area contributed by atoms with Crippen LogP contribution in [0.25, 0.3) is 17.2 Å². The molecule has 3 heteroatoms. The van der Waals surface area contributed by atoms with Crippen LogP contribution in [0.15, 0.2) is 66.7 Å². The number of benzene rings is 3. The van der Waals surface area contributed by atoms with E-state index in [4.69, 9.17) is 9.78 Å². The van der Waals surface area contributed by atoms with Crippen LogP contribution >= 0.6 is 0 Å². The van der Waals surface area contributed by atoms with Crippen LogP contribution < -0.4 is 0 Å². The third-order valence-corrected chi connectivity index (χ3v) is 8.71. The number of aryl methyl sites for hydroxylation is 2. The van der Waals surface area contributed by atoms with Crippen molar-refractivity contribution >= 4 is 6.08 Å². The van der Waals surface area contributed by atoms with Gasteiger partial charge in [-0.1, -0.05) is 99.5 Å². The summed E-state index contributed by atoms with van der Waals surface area (Å²) in [6, 6.07) is 22.7. The minimum atomic E-state index is -0.625. The van der Waals surface area contributed by atoms with Crippen LogP contribution in [-0.4, -0.2) is 24.4 Å². The predicted octanol–water partition coefficient (Wildman–Crippen LogP) is 8.52. The highest BCUT2D eigenvalue weighted by Gasteiger charge is 2.32. The Morgan fingerprint density at radius 1 is 0.868 bits per heavy atom. The topological polar surface area (TPSA) is 38.7 Å². The molecule has 1 aliphatic carbocycles. The quantitative estimate of drug-likeness (QED) is 0.159. The molecule has 0 aromatic heterocycles. The minimum Gasteiger partial charge on any atom is -0.386 e. The van der Waals surface area contributed by atoms with Crippen molar-refractivity contribution in [2.75, 3.05) is 13.7 Å². The first kappa shape index (κ1) is 28.3. The summed E-state index contributed by atoms with van der Waals surface area (Å²) in [6.45, 7) is 9.58. The Hall–Kier alpha value is -2.72. The summed E-state index contributed by atoms with van der Waals surface area (Å²) < 4.78 is 0. The van der Waals surface area contributed by atoms with E-state index in [-0.39, 0.29) is 5.41 Å². The lowest BCUT2D eigenvalue weighted by molar-refractivity contribution is -0.271. The molecule has 0 spiro atoms. The number of hydrogen-bond donors (Lipinski definition) is 1. The molecule has 0 saturated heterocycles. The van der Waals surface area contributed by atoms with Gasteiger partial charge in [0.25, 0.3) is 0 Å². The molecule has 1 saturated carbocycles. The summed E-state index contributed by atoms with van der Waals surface area (Å²) in [5, 5.41) is 10.7. The van der Waals surface area contributed by atoms with Gasteiger partial charge in [0, 0.05) is 5.41 Å². The molecule has 0 heterocycles. The minimum absolute atomic E-state index is 0.0366. The molecule has 4 rings (SSSR count). The predicted molar refractivity (Wildman–Crippen MR) is 158 cm³/mol. The normalized spacial score (nSPS) is 15.4. The third kappa shape index (κ3) is 6.12. The maximum Gasteiger partial charge on any atom is 0.0862 e. The first-order valence-corrected chi connectivity index (χ1v) is 14.2. The van der Waals surface area contributed by atoms with Gasteiger partial charge in [-0.3, -0.25) is 0 Å². The van der Waals surface area contributed by atoms with E-state index in [0.717, 1.165) is 44.9 Å². The van der Waals surface area contributed by atoms with Crippen LogP contribution in [0.1, 0.15) is 85.8 Å². The van der Waals surface area contributed by atoms with E-state index in [1.807, 2.05) is 6.08 Å². The maximum atomic E-state index is 10.7. The maximum absolute atomic E-state index is 10.7. The number of aliphatic hydroxyl groups is 1. The van der Waals surface area contributed by atoms with E-state index in [9.17, 15) is 5.11 Å². The fourth-order valence-electron chi connectivity index (χ4n) is 6.17. The van der Waals surface area contributed by atoms with Crippen LogP contribution in [0.5, 0.6) is 0 Å². The molecule has 0 unspecified atom stereocenters. The van der Waals surface area contributed by atoms with E-state index in [0.29, 0.717) is 6.61 Å². The molecule has 202 valence electrons. The molecular weight excluding hydrogens is 468 g/mol. The molecule has 0 amide bonds. The van der Waals surface area contributed by atoms with Crippen molar-refractivity contribution in [1.29, 1.82) is 0 Å². The molecule has 0 bridgehead atoms. The summed E-state index contributed by atoms with van der Waals surface area (Å²) in [7, 11) is 1.54. The third-order valence-electron chi connectivity index (χ3n) is 8.71. The highest BCUT2D eigenvalue weighted by atomic mass is 17.2. The molecule has 0 atom stereocenters. The van der Waals surface area contributed by atoms with Crippen molar-refractivity contribution in [1.82, 2.24) is 0 Å². The summed E-state index contributed by atoms with van der Waals surface area (Å²) in [6.07, 6.45) is 11.0. The zero-order valence-electron chi connectivity index (χ0n) is 23.8. The highest BCUT2D eigenvalue weighted by molar-refractivity contribution is 5.68. The van der Waals surface area contributed by atoms with Crippen molar-refractivity contribution in [3.63, 3.8) is 0 Å². The molecule has 1 N–H and O–H groups in total. The Morgan fingerprint density at radius 2 is 1.50 bits per heavy atom. The second-order valence-corrected chi connectivity index (χ2v) is 11.0. The van der Waals surface area contributed by atoms with E-state index >= 15 is 0 Å². The molecule has 1 aliphatic rings. The van der Waals surface area contributed by atoms with Crippen LogP contribution in [0.4, 0.5) is 0 Å². The van der Waals surface area contributed by atoms with Gasteiger partial charge in [0.1, 0.15) is 0 Å². The van der Waals surface area contributed by atoms with Gasteiger partial charge in [-0.05, 0) is 90.5 Å². The van der Waals surface area contributed by atoms with E-state index in [2.05, 4.69) is 94.4 Å². The van der Waals surface area contributed by atoms with Gasteiger partial charge >= 0.3 is 0 Å². The molecule has 3 aromatic carbocycles. The zero-order valence-corrected chi connectivity index (χ0v) is 23.8. The van der Waals surface area contributed by atoms with Crippen LogP contribution in [0, 0.1) is 13.8 Å². The fraction of sp³-hybridized carbons (Fsp3) is 0.429. The van der Waals surface area contributed by atoms with Gasteiger partial charge in [-0.2, -0.15) is 0 Å². The van der Waals surface area contributed by atoms with Crippen LogP contribution in [0.2, 0.25) is 0 Å². The molecule has 0 aliphatic heterocycles. The molecule has 38 heavy (non-hydrogen) atoms. The number of hydrogen-bond acceptors (Lipinski definition) is 3. The van der Waals surface area contributed by atoms with Gasteiger partial charge in [-0.25, -0.2) is 9.78 Å². The number of rotatable bonds is 11. The molecule has 1 fully saturated rings. The van der Waals surface area contributed by atoms with Crippen LogP contribution in [0.3, 0.4) is 0 Å². The monoisotopic (exact) mass is 512 g/mol. The van der Waals surface area contributed by atoms with Gasteiger partial charge in [0.15, 0.2) is 0 Å².